The van der Waals surface area contributed by atoms with Gasteiger partial charge in [0.2, 0.25) is 0 Å². The van der Waals surface area contributed by atoms with Crippen LogP contribution in [0, 0.1) is 0 Å². The van der Waals surface area contributed by atoms with Gasteiger partial charge >= 0.3 is 0 Å². The molecule has 2 atom stereocenters. The SMILES string of the molecule is Brc1cc(CNC2CC2)ccc1N1CC2CCC(C1)O2. The van der Waals surface area contributed by atoms with Crippen molar-refractivity contribution >= 4 is 21.6 Å². The van der Waals surface area contributed by atoms with Crippen molar-refractivity contribution in [3.05, 3.63) is 28.2 Å². The fourth-order valence-corrected chi connectivity index (χ4v) is 3.95. The first-order valence-corrected chi connectivity index (χ1v) is 8.49. The molecule has 1 N–H and O–H groups in total. The van der Waals surface area contributed by atoms with E-state index in [4.69, 9.17) is 4.74 Å². The summed E-state index contributed by atoms with van der Waals surface area (Å²) in [5.74, 6) is 0. The summed E-state index contributed by atoms with van der Waals surface area (Å²) in [5.41, 5.74) is 2.68. The van der Waals surface area contributed by atoms with Crippen molar-refractivity contribution in [2.75, 3.05) is 18.0 Å². The Hall–Kier alpha value is -0.580. The second kappa shape index (κ2) is 5.32. The monoisotopic (exact) mass is 336 g/mol. The molecule has 0 spiro atoms. The van der Waals surface area contributed by atoms with Crippen molar-refractivity contribution in [1.82, 2.24) is 5.32 Å². The topological polar surface area (TPSA) is 24.5 Å². The Labute approximate surface area is 128 Å². The van der Waals surface area contributed by atoms with E-state index in [0.29, 0.717) is 12.2 Å². The molecule has 20 heavy (non-hydrogen) atoms. The van der Waals surface area contributed by atoms with Crippen LogP contribution in [0.2, 0.25) is 0 Å². The summed E-state index contributed by atoms with van der Waals surface area (Å²) >= 11 is 3.76. The van der Waals surface area contributed by atoms with Gasteiger partial charge in [-0.2, -0.15) is 0 Å². The number of nitrogens with zero attached hydrogens (tertiary/aromatic N) is 1. The van der Waals surface area contributed by atoms with Gasteiger partial charge in [-0.1, -0.05) is 6.07 Å². The van der Waals surface area contributed by atoms with Crippen LogP contribution >= 0.6 is 15.9 Å². The molecule has 2 bridgehead atoms. The molecule has 1 aromatic rings. The number of hydrogen-bond acceptors (Lipinski definition) is 3. The largest absolute Gasteiger partial charge is 0.371 e. The molecule has 108 valence electrons. The van der Waals surface area contributed by atoms with Crippen LogP contribution in [0.5, 0.6) is 0 Å². The van der Waals surface area contributed by atoms with Gasteiger partial charge in [-0.25, -0.2) is 0 Å². The van der Waals surface area contributed by atoms with Crippen LogP contribution in [0.3, 0.4) is 0 Å². The Morgan fingerprint density at radius 2 is 1.90 bits per heavy atom. The molecular weight excluding hydrogens is 316 g/mol. The summed E-state index contributed by atoms with van der Waals surface area (Å²) in [6, 6.07) is 7.55. The van der Waals surface area contributed by atoms with Gasteiger partial charge < -0.3 is 15.0 Å². The summed E-state index contributed by atoms with van der Waals surface area (Å²) in [6.07, 6.45) is 6.02. The average Bonchev–Trinajstić information content (AvgIpc) is 3.21. The molecule has 3 nitrogen and oxygen atoms in total. The lowest BCUT2D eigenvalue weighted by molar-refractivity contribution is 0.0304. The number of morpholine rings is 1. The minimum atomic E-state index is 0.442. The first kappa shape index (κ1) is 13.1. The van der Waals surface area contributed by atoms with Crippen molar-refractivity contribution in [3.8, 4) is 0 Å². The molecule has 0 radical (unpaired) electrons. The number of benzene rings is 1. The smallest absolute Gasteiger partial charge is 0.0755 e. The standard InChI is InChI=1S/C16H21BrN2O/c17-15-7-11(8-18-12-2-3-12)1-6-16(15)19-9-13-4-5-14(10-19)20-13/h1,6-7,12-14,18H,2-5,8-10H2. The van der Waals surface area contributed by atoms with E-state index >= 15 is 0 Å². The highest BCUT2D eigenvalue weighted by atomic mass is 79.9. The zero-order valence-corrected chi connectivity index (χ0v) is 13.2. The van der Waals surface area contributed by atoms with Crippen LogP contribution in [0.25, 0.3) is 0 Å². The van der Waals surface area contributed by atoms with Gasteiger partial charge in [-0.3, -0.25) is 0 Å². The van der Waals surface area contributed by atoms with Gasteiger partial charge in [0.05, 0.1) is 17.9 Å². The van der Waals surface area contributed by atoms with Crippen molar-refractivity contribution < 1.29 is 4.74 Å². The first-order valence-electron chi connectivity index (χ1n) is 7.70. The maximum absolute atomic E-state index is 5.92. The summed E-state index contributed by atoms with van der Waals surface area (Å²) < 4.78 is 7.13. The molecule has 1 aliphatic carbocycles. The fraction of sp³-hybridized carbons (Fsp3) is 0.625. The third-order valence-electron chi connectivity index (χ3n) is 4.57. The molecule has 4 heteroatoms. The molecule has 3 fully saturated rings. The molecule has 2 aliphatic heterocycles. The number of fused-ring (bicyclic) bond motifs is 2. The first-order chi connectivity index (χ1) is 9.78. The molecule has 2 saturated heterocycles. The average molecular weight is 337 g/mol. The predicted molar refractivity (Wildman–Crippen MR) is 84.1 cm³/mol. The zero-order valence-electron chi connectivity index (χ0n) is 11.6. The van der Waals surface area contributed by atoms with Crippen LogP contribution in [0.15, 0.2) is 22.7 Å². The van der Waals surface area contributed by atoms with Gasteiger partial charge in [-0.15, -0.1) is 0 Å². The highest BCUT2D eigenvalue weighted by Gasteiger charge is 2.34. The third-order valence-corrected chi connectivity index (χ3v) is 5.20. The second-order valence-corrected chi connectivity index (χ2v) is 7.16. The molecular formula is C16H21BrN2O. The number of nitrogens with one attached hydrogen (secondary N) is 1. The van der Waals surface area contributed by atoms with Gasteiger partial charge in [0.25, 0.3) is 0 Å². The number of ether oxygens (including phenoxy) is 1. The summed E-state index contributed by atoms with van der Waals surface area (Å²) in [6.45, 7) is 3.06. The van der Waals surface area contributed by atoms with E-state index in [0.717, 1.165) is 25.7 Å². The molecule has 1 aromatic carbocycles. The summed E-state index contributed by atoms with van der Waals surface area (Å²) in [5, 5.41) is 3.57. The van der Waals surface area contributed by atoms with E-state index in [1.807, 2.05) is 0 Å². The Bertz CT molecular complexity index is 491. The minimum Gasteiger partial charge on any atom is -0.371 e. The minimum absolute atomic E-state index is 0.442. The molecule has 2 unspecified atom stereocenters. The highest BCUT2D eigenvalue weighted by Crippen LogP contribution is 2.34. The third kappa shape index (κ3) is 2.74. The number of halogens is 1. The van der Waals surface area contributed by atoms with Crippen LogP contribution in [0.4, 0.5) is 5.69 Å². The Kier molecular flexibility index (Phi) is 3.49. The van der Waals surface area contributed by atoms with Gasteiger partial charge in [0.15, 0.2) is 0 Å². The molecule has 1 saturated carbocycles. The zero-order chi connectivity index (χ0) is 13.5. The molecule has 4 rings (SSSR count). The number of anilines is 1. The summed E-state index contributed by atoms with van der Waals surface area (Å²) in [4.78, 5) is 2.48. The van der Waals surface area contributed by atoms with Crippen LogP contribution in [-0.4, -0.2) is 31.3 Å². The van der Waals surface area contributed by atoms with Crippen molar-refractivity contribution in [2.45, 2.75) is 50.5 Å². The Morgan fingerprint density at radius 3 is 2.55 bits per heavy atom. The maximum atomic E-state index is 5.92. The summed E-state index contributed by atoms with van der Waals surface area (Å²) in [7, 11) is 0. The van der Waals surface area contributed by atoms with Crippen LogP contribution in [-0.2, 0) is 11.3 Å². The fourth-order valence-electron chi connectivity index (χ4n) is 3.28. The van der Waals surface area contributed by atoms with E-state index in [-0.39, 0.29) is 0 Å². The molecule has 2 heterocycles. The number of rotatable bonds is 4. The lowest BCUT2D eigenvalue weighted by Gasteiger charge is -2.34. The maximum Gasteiger partial charge on any atom is 0.0755 e. The Morgan fingerprint density at radius 1 is 1.15 bits per heavy atom. The lowest BCUT2D eigenvalue weighted by atomic mass is 10.1. The van der Waals surface area contributed by atoms with Crippen molar-refractivity contribution in [3.63, 3.8) is 0 Å². The van der Waals surface area contributed by atoms with Crippen LogP contribution < -0.4 is 10.2 Å². The van der Waals surface area contributed by atoms with Gasteiger partial charge in [0.1, 0.15) is 0 Å². The van der Waals surface area contributed by atoms with E-state index in [1.54, 1.807) is 0 Å². The Balaban J connectivity index is 1.47. The lowest BCUT2D eigenvalue weighted by Crippen LogP contribution is -2.42. The molecule has 3 aliphatic rings. The highest BCUT2D eigenvalue weighted by molar-refractivity contribution is 9.10. The molecule has 0 amide bonds. The van der Waals surface area contributed by atoms with Crippen LogP contribution in [0.1, 0.15) is 31.2 Å². The number of hydrogen-bond donors (Lipinski definition) is 1. The van der Waals surface area contributed by atoms with E-state index in [1.165, 1.54) is 41.4 Å². The van der Waals surface area contributed by atoms with E-state index in [9.17, 15) is 0 Å². The van der Waals surface area contributed by atoms with Gasteiger partial charge in [-0.05, 0) is 59.3 Å². The van der Waals surface area contributed by atoms with E-state index in [2.05, 4.69) is 44.3 Å². The van der Waals surface area contributed by atoms with Gasteiger partial charge in [0, 0.05) is 30.1 Å². The van der Waals surface area contributed by atoms with E-state index < -0.39 is 0 Å². The second-order valence-electron chi connectivity index (χ2n) is 6.30. The normalized spacial score (nSPS) is 28.9. The molecule has 0 aromatic heterocycles. The van der Waals surface area contributed by atoms with Crippen molar-refractivity contribution in [1.29, 1.82) is 0 Å². The van der Waals surface area contributed by atoms with Crippen molar-refractivity contribution in [2.24, 2.45) is 0 Å². The predicted octanol–water partition coefficient (Wildman–Crippen LogP) is 3.07. The quantitative estimate of drug-likeness (QED) is 0.914.